The third-order valence-electron chi connectivity index (χ3n) is 3.86. The summed E-state index contributed by atoms with van der Waals surface area (Å²) in [5.41, 5.74) is 1.64. The Morgan fingerprint density at radius 2 is 2.20 bits per heavy atom. The Morgan fingerprint density at radius 1 is 1.35 bits per heavy atom. The molecule has 20 heavy (non-hydrogen) atoms. The van der Waals surface area contributed by atoms with E-state index in [4.69, 9.17) is 0 Å². The molecule has 2 N–H and O–H groups in total. The van der Waals surface area contributed by atoms with E-state index in [2.05, 4.69) is 10.3 Å². The van der Waals surface area contributed by atoms with Gasteiger partial charge in [0.05, 0.1) is 0 Å². The highest BCUT2D eigenvalue weighted by Gasteiger charge is 2.33. The molecule has 2 aromatic rings. The number of nitrogens with zero attached hydrogens (tertiary/aromatic N) is 1. The van der Waals surface area contributed by atoms with Crippen LogP contribution in [0.15, 0.2) is 30.5 Å². The molecule has 1 unspecified atom stereocenters. The number of likely N-dealkylation sites (N-methyl/N-ethyl adjacent to an activating group) is 1. The Morgan fingerprint density at radius 3 is 3.00 bits per heavy atom. The molecule has 1 aliphatic rings. The number of fused-ring (bicyclic) bond motifs is 1. The van der Waals surface area contributed by atoms with Gasteiger partial charge in [0.2, 0.25) is 5.91 Å². The Balaban J connectivity index is 1.89. The third-order valence-corrected chi connectivity index (χ3v) is 3.86. The summed E-state index contributed by atoms with van der Waals surface area (Å²) in [5.74, 6) is -0.155. The molecule has 1 aromatic heterocycles. The monoisotopic (exact) mass is 271 g/mol. The number of nitrogens with one attached hydrogen (secondary N) is 2. The standard InChI is InChI=1S/C15H17N3O2/c1-16-14(19)13-3-2-8-18(13)15(20)11-4-5-12-10(9-11)6-7-17-12/h4-7,9,13,17H,2-3,8H2,1H3,(H,16,19). The van der Waals surface area contributed by atoms with E-state index in [0.29, 0.717) is 12.1 Å². The first-order chi connectivity index (χ1) is 9.70. The number of likely N-dealkylation sites (tertiary alicyclic amines) is 1. The van der Waals surface area contributed by atoms with Crippen molar-refractivity contribution in [3.05, 3.63) is 36.0 Å². The van der Waals surface area contributed by atoms with E-state index in [0.717, 1.165) is 23.7 Å². The summed E-state index contributed by atoms with van der Waals surface area (Å²) in [4.78, 5) is 29.2. The molecule has 2 heterocycles. The van der Waals surface area contributed by atoms with Gasteiger partial charge >= 0.3 is 0 Å². The molecule has 0 bridgehead atoms. The van der Waals surface area contributed by atoms with Gasteiger partial charge in [-0.05, 0) is 37.1 Å². The molecule has 104 valence electrons. The van der Waals surface area contributed by atoms with Crippen LogP contribution in [0.5, 0.6) is 0 Å². The van der Waals surface area contributed by atoms with Gasteiger partial charge in [-0.25, -0.2) is 0 Å². The number of carbonyl (C=O) groups is 2. The van der Waals surface area contributed by atoms with E-state index < -0.39 is 0 Å². The van der Waals surface area contributed by atoms with Crippen molar-refractivity contribution in [2.24, 2.45) is 0 Å². The Kier molecular flexibility index (Phi) is 3.18. The maximum Gasteiger partial charge on any atom is 0.254 e. The highest BCUT2D eigenvalue weighted by Crippen LogP contribution is 2.22. The van der Waals surface area contributed by atoms with Crippen LogP contribution in [0.3, 0.4) is 0 Å². The molecule has 5 heteroatoms. The van der Waals surface area contributed by atoms with Gasteiger partial charge in [0, 0.05) is 36.3 Å². The minimum atomic E-state index is -0.338. The summed E-state index contributed by atoms with van der Waals surface area (Å²) < 4.78 is 0. The van der Waals surface area contributed by atoms with E-state index in [1.165, 1.54) is 0 Å². The quantitative estimate of drug-likeness (QED) is 0.869. The van der Waals surface area contributed by atoms with E-state index >= 15 is 0 Å². The lowest BCUT2D eigenvalue weighted by Gasteiger charge is -2.23. The van der Waals surface area contributed by atoms with Crippen LogP contribution < -0.4 is 5.32 Å². The minimum Gasteiger partial charge on any atom is -0.361 e. The van der Waals surface area contributed by atoms with Gasteiger partial charge in [-0.3, -0.25) is 9.59 Å². The second-order valence-electron chi connectivity index (χ2n) is 5.05. The van der Waals surface area contributed by atoms with Crippen molar-refractivity contribution in [3.63, 3.8) is 0 Å². The zero-order chi connectivity index (χ0) is 14.1. The van der Waals surface area contributed by atoms with Crippen molar-refractivity contribution >= 4 is 22.7 Å². The van der Waals surface area contributed by atoms with Crippen molar-refractivity contribution in [2.75, 3.05) is 13.6 Å². The van der Waals surface area contributed by atoms with Crippen molar-refractivity contribution in [2.45, 2.75) is 18.9 Å². The Hall–Kier alpha value is -2.30. The van der Waals surface area contributed by atoms with Crippen LogP contribution in [-0.4, -0.2) is 41.3 Å². The van der Waals surface area contributed by atoms with Crippen LogP contribution in [0.2, 0.25) is 0 Å². The lowest BCUT2D eigenvalue weighted by Crippen LogP contribution is -2.44. The molecule has 2 amide bonds. The number of benzene rings is 1. The number of amides is 2. The summed E-state index contributed by atoms with van der Waals surface area (Å²) in [6.07, 6.45) is 3.45. The maximum absolute atomic E-state index is 12.6. The Bertz CT molecular complexity index is 662. The molecule has 0 aliphatic carbocycles. The molecule has 1 aliphatic heterocycles. The summed E-state index contributed by atoms with van der Waals surface area (Å²) in [5, 5.41) is 3.64. The molecule has 0 saturated carbocycles. The van der Waals surface area contributed by atoms with E-state index in [1.54, 1.807) is 18.0 Å². The average molecular weight is 271 g/mol. The average Bonchev–Trinajstić information content (AvgIpc) is 3.13. The van der Waals surface area contributed by atoms with Crippen LogP contribution in [0.1, 0.15) is 23.2 Å². The minimum absolute atomic E-state index is 0.0702. The second-order valence-corrected chi connectivity index (χ2v) is 5.05. The molecule has 1 aromatic carbocycles. The molecule has 1 fully saturated rings. The van der Waals surface area contributed by atoms with Crippen LogP contribution in [0.25, 0.3) is 10.9 Å². The van der Waals surface area contributed by atoms with E-state index in [-0.39, 0.29) is 17.9 Å². The van der Waals surface area contributed by atoms with Gasteiger partial charge in [-0.15, -0.1) is 0 Å². The van der Waals surface area contributed by atoms with Crippen molar-refractivity contribution < 1.29 is 9.59 Å². The first-order valence-corrected chi connectivity index (χ1v) is 6.80. The highest BCUT2D eigenvalue weighted by atomic mass is 16.2. The van der Waals surface area contributed by atoms with Gasteiger partial charge < -0.3 is 15.2 Å². The third kappa shape index (κ3) is 2.05. The fraction of sp³-hybridized carbons (Fsp3) is 0.333. The maximum atomic E-state index is 12.6. The molecule has 1 saturated heterocycles. The van der Waals surface area contributed by atoms with Crippen molar-refractivity contribution in [1.29, 1.82) is 0 Å². The van der Waals surface area contributed by atoms with Crippen molar-refractivity contribution in [3.8, 4) is 0 Å². The molecular weight excluding hydrogens is 254 g/mol. The first kappa shape index (κ1) is 12.7. The number of aromatic nitrogens is 1. The largest absolute Gasteiger partial charge is 0.361 e. The van der Waals surface area contributed by atoms with Crippen LogP contribution in [0.4, 0.5) is 0 Å². The van der Waals surface area contributed by atoms with Gasteiger partial charge in [-0.2, -0.15) is 0 Å². The number of aromatic amines is 1. The Labute approximate surface area is 117 Å². The predicted octanol–water partition coefficient (Wildman–Crippen LogP) is 1.52. The molecule has 1 atom stereocenters. The fourth-order valence-corrected chi connectivity index (χ4v) is 2.80. The zero-order valence-electron chi connectivity index (χ0n) is 11.3. The second kappa shape index (κ2) is 5.00. The predicted molar refractivity (Wildman–Crippen MR) is 76.4 cm³/mol. The van der Waals surface area contributed by atoms with Crippen LogP contribution >= 0.6 is 0 Å². The number of H-pyrrole nitrogens is 1. The lowest BCUT2D eigenvalue weighted by atomic mass is 10.1. The normalized spacial score (nSPS) is 18.4. The number of rotatable bonds is 2. The van der Waals surface area contributed by atoms with E-state index in [9.17, 15) is 9.59 Å². The summed E-state index contributed by atoms with van der Waals surface area (Å²) >= 11 is 0. The van der Waals surface area contributed by atoms with Gasteiger partial charge in [0.15, 0.2) is 0 Å². The summed E-state index contributed by atoms with van der Waals surface area (Å²) in [7, 11) is 1.61. The van der Waals surface area contributed by atoms with Crippen molar-refractivity contribution in [1.82, 2.24) is 15.2 Å². The molecule has 3 rings (SSSR count). The molecule has 0 spiro atoms. The molecular formula is C15H17N3O2. The smallest absolute Gasteiger partial charge is 0.254 e. The van der Waals surface area contributed by atoms with Gasteiger partial charge in [0.25, 0.3) is 5.91 Å². The number of hydrogen-bond donors (Lipinski definition) is 2. The molecule has 5 nitrogen and oxygen atoms in total. The zero-order valence-corrected chi connectivity index (χ0v) is 11.3. The number of carbonyl (C=O) groups excluding carboxylic acids is 2. The first-order valence-electron chi connectivity index (χ1n) is 6.80. The van der Waals surface area contributed by atoms with Gasteiger partial charge in [-0.1, -0.05) is 0 Å². The number of hydrogen-bond acceptors (Lipinski definition) is 2. The highest BCUT2D eigenvalue weighted by molar-refractivity contribution is 6.00. The van der Waals surface area contributed by atoms with Gasteiger partial charge in [0.1, 0.15) is 6.04 Å². The van der Waals surface area contributed by atoms with E-state index in [1.807, 2.05) is 24.4 Å². The molecule has 0 radical (unpaired) electrons. The van der Waals surface area contributed by atoms with Crippen LogP contribution in [-0.2, 0) is 4.79 Å². The summed E-state index contributed by atoms with van der Waals surface area (Å²) in [6, 6.07) is 7.17. The summed E-state index contributed by atoms with van der Waals surface area (Å²) in [6.45, 7) is 0.641. The topological polar surface area (TPSA) is 65.2 Å². The van der Waals surface area contributed by atoms with Crippen LogP contribution in [0, 0.1) is 0 Å². The fourth-order valence-electron chi connectivity index (χ4n) is 2.80. The SMILES string of the molecule is CNC(=O)C1CCCN1C(=O)c1ccc2[nH]ccc2c1. The lowest BCUT2D eigenvalue weighted by molar-refractivity contribution is -0.124.